The number of thiol groups is 1. The number of carbonyl (C=O) groups is 2. The largest absolute Gasteiger partial charge is 0.343 e. The molecule has 3 nitrogen and oxygen atoms in total. The quantitative estimate of drug-likeness (QED) is 0.630. The fourth-order valence-electron chi connectivity index (χ4n) is 1.26. The van der Waals surface area contributed by atoms with E-state index in [1.807, 2.05) is 25.7 Å². The summed E-state index contributed by atoms with van der Waals surface area (Å²) in [4.78, 5) is 20.8. The van der Waals surface area contributed by atoms with E-state index in [0.29, 0.717) is 6.04 Å². The summed E-state index contributed by atoms with van der Waals surface area (Å²) in [5.41, 5.74) is 0. The van der Waals surface area contributed by atoms with Crippen molar-refractivity contribution in [3.05, 3.63) is 13.2 Å². The van der Waals surface area contributed by atoms with Gasteiger partial charge in [-0.3, -0.25) is 4.79 Å². The lowest BCUT2D eigenvalue weighted by Gasteiger charge is -2.25. The molecule has 1 atom stereocenters. The van der Waals surface area contributed by atoms with Crippen molar-refractivity contribution < 1.29 is 9.59 Å². The second-order valence-electron chi connectivity index (χ2n) is 3.30. The van der Waals surface area contributed by atoms with E-state index in [0.717, 1.165) is 25.0 Å². The van der Waals surface area contributed by atoms with Gasteiger partial charge in [-0.15, -0.1) is 13.2 Å². The van der Waals surface area contributed by atoms with Gasteiger partial charge >= 0.3 is 0 Å². The van der Waals surface area contributed by atoms with Crippen LogP contribution in [0.2, 0.25) is 0 Å². The Morgan fingerprint density at radius 1 is 1.22 bits per heavy atom. The van der Waals surface area contributed by atoms with Gasteiger partial charge in [-0.1, -0.05) is 27.2 Å². The molecule has 0 aromatic carbocycles. The second kappa shape index (κ2) is 25.2. The third kappa shape index (κ3) is 20.6. The molecular weight excluding hydrogens is 246 g/mol. The molecule has 4 heteroatoms. The van der Waals surface area contributed by atoms with Gasteiger partial charge in [-0.2, -0.15) is 12.6 Å². The van der Waals surface area contributed by atoms with Crippen LogP contribution in [-0.4, -0.2) is 36.4 Å². The molecule has 0 fully saturated rings. The molecule has 0 aliphatic rings. The Hall–Kier alpha value is -0.770. The van der Waals surface area contributed by atoms with Crippen molar-refractivity contribution in [3.63, 3.8) is 0 Å². The van der Waals surface area contributed by atoms with Gasteiger partial charge in [-0.25, -0.2) is 0 Å². The molecule has 110 valence electrons. The number of rotatable bonds is 4. The number of hydrogen-bond acceptors (Lipinski definition) is 3. The van der Waals surface area contributed by atoms with Gasteiger partial charge < -0.3 is 9.69 Å². The molecule has 0 heterocycles. The molecule has 0 aliphatic heterocycles. The summed E-state index contributed by atoms with van der Waals surface area (Å²) in [5.74, 6) is 1.12. The fraction of sp³-hybridized carbons (Fsp3) is 0.714. The summed E-state index contributed by atoms with van der Waals surface area (Å²) in [6.45, 7) is 15.9. The van der Waals surface area contributed by atoms with Crippen LogP contribution in [0.3, 0.4) is 0 Å². The smallest absolute Gasteiger partial charge is 0.219 e. The van der Waals surface area contributed by atoms with E-state index < -0.39 is 0 Å². The molecule has 0 spiro atoms. The molecule has 0 saturated carbocycles. The predicted molar refractivity (Wildman–Crippen MR) is 85.3 cm³/mol. The first kappa shape index (κ1) is 25.9. The van der Waals surface area contributed by atoms with Gasteiger partial charge in [0.05, 0.1) is 0 Å². The number of nitrogens with zero attached hydrogens (tertiary/aromatic N) is 1. The highest BCUT2D eigenvalue weighted by molar-refractivity contribution is 7.80. The van der Waals surface area contributed by atoms with E-state index >= 15 is 0 Å². The molecule has 0 aromatic rings. The average Bonchev–Trinajstić information content (AvgIpc) is 2.40. The number of hydrogen-bond donors (Lipinski definition) is 1. The van der Waals surface area contributed by atoms with Gasteiger partial charge in [0.25, 0.3) is 0 Å². The van der Waals surface area contributed by atoms with Crippen molar-refractivity contribution in [2.75, 3.05) is 12.8 Å². The Balaban J connectivity index is -0.000000118. The molecule has 1 unspecified atom stereocenters. The molecule has 0 N–H and O–H groups in total. The van der Waals surface area contributed by atoms with Crippen molar-refractivity contribution >= 4 is 25.3 Å². The van der Waals surface area contributed by atoms with Crippen LogP contribution in [0.5, 0.6) is 0 Å². The van der Waals surface area contributed by atoms with E-state index in [1.165, 1.54) is 0 Å². The maximum absolute atomic E-state index is 10.9. The minimum atomic E-state index is 0.172. The average molecular weight is 277 g/mol. The van der Waals surface area contributed by atoms with Crippen LogP contribution < -0.4 is 0 Å². The molecular formula is C14H31NO2S. The zero-order valence-electron chi connectivity index (χ0n) is 12.7. The minimum absolute atomic E-state index is 0.172. The zero-order valence-corrected chi connectivity index (χ0v) is 13.6. The van der Waals surface area contributed by atoms with E-state index in [2.05, 4.69) is 39.6 Å². The lowest BCUT2D eigenvalue weighted by molar-refractivity contribution is -0.129. The third-order valence-electron chi connectivity index (χ3n) is 2.14. The predicted octanol–water partition coefficient (Wildman–Crippen LogP) is 3.60. The number of carbonyl (C=O) groups excluding carboxylic acids is 2. The van der Waals surface area contributed by atoms with Crippen molar-refractivity contribution in [3.8, 4) is 0 Å². The van der Waals surface area contributed by atoms with Gasteiger partial charge in [0, 0.05) is 20.0 Å². The second-order valence-corrected chi connectivity index (χ2v) is 3.93. The summed E-state index contributed by atoms with van der Waals surface area (Å²) in [6, 6.07) is 0.442. The van der Waals surface area contributed by atoms with Crippen LogP contribution in [-0.2, 0) is 9.59 Å². The Bertz CT molecular complexity index is 164. The zero-order chi connectivity index (χ0) is 15.6. The highest BCUT2D eigenvalue weighted by Crippen LogP contribution is 2.08. The minimum Gasteiger partial charge on any atom is -0.343 e. The Morgan fingerprint density at radius 3 is 1.72 bits per heavy atom. The highest BCUT2D eigenvalue weighted by Gasteiger charge is 2.12. The summed E-state index contributed by atoms with van der Waals surface area (Å²) < 4.78 is 0. The first-order valence-electron chi connectivity index (χ1n) is 6.18. The molecule has 0 aromatic heterocycles. The third-order valence-corrected chi connectivity index (χ3v) is 2.14. The molecule has 0 aliphatic carbocycles. The summed E-state index contributed by atoms with van der Waals surface area (Å²) >= 11 is 3.79. The molecule has 1 amide bonds. The Morgan fingerprint density at radius 2 is 1.56 bits per heavy atom. The van der Waals surface area contributed by atoms with Crippen molar-refractivity contribution in [1.29, 1.82) is 0 Å². The first-order chi connectivity index (χ1) is 8.54. The van der Waals surface area contributed by atoms with Crippen LogP contribution in [0, 0.1) is 0 Å². The summed E-state index contributed by atoms with van der Waals surface area (Å²) in [7, 11) is 1.88. The van der Waals surface area contributed by atoms with Gasteiger partial charge in [0.1, 0.15) is 6.79 Å². The summed E-state index contributed by atoms with van der Waals surface area (Å²) in [6.07, 6.45) is 3.33. The molecule has 0 rings (SSSR count). The molecule has 0 saturated heterocycles. The fourth-order valence-corrected chi connectivity index (χ4v) is 1.26. The van der Waals surface area contributed by atoms with Crippen molar-refractivity contribution in [2.45, 2.75) is 53.0 Å². The normalized spacial score (nSPS) is 9.22. The van der Waals surface area contributed by atoms with Crippen LogP contribution in [0.4, 0.5) is 0 Å². The highest BCUT2D eigenvalue weighted by atomic mass is 32.1. The van der Waals surface area contributed by atoms with E-state index in [-0.39, 0.29) is 5.91 Å². The molecule has 0 bridgehead atoms. The van der Waals surface area contributed by atoms with E-state index in [1.54, 1.807) is 6.92 Å². The van der Waals surface area contributed by atoms with Crippen molar-refractivity contribution in [1.82, 2.24) is 4.90 Å². The lowest BCUT2D eigenvalue weighted by Crippen LogP contribution is -2.34. The first-order valence-corrected chi connectivity index (χ1v) is 6.81. The maximum Gasteiger partial charge on any atom is 0.219 e. The lowest BCUT2D eigenvalue weighted by atomic mass is 10.1. The Labute approximate surface area is 119 Å². The van der Waals surface area contributed by atoms with Gasteiger partial charge in [-0.05, 0) is 18.6 Å². The SMILES string of the molecule is C=C.C=O.CCCC(CC)N(C)C(C)=O.CCS. The standard InChI is InChI=1S/C9H19NO.C2H6S.C2H4.CH2O/c1-5-7-9(6-2)10(4)8(3)11;1-2-3;2*1-2/h9H,5-7H2,1-4H3;3H,2H2,1H3;1-2H2;1H2. The van der Waals surface area contributed by atoms with E-state index in [4.69, 9.17) is 4.79 Å². The summed E-state index contributed by atoms with van der Waals surface area (Å²) in [5, 5.41) is 0. The monoisotopic (exact) mass is 277 g/mol. The van der Waals surface area contributed by atoms with Gasteiger partial charge in [0.2, 0.25) is 5.91 Å². The number of amides is 1. The molecule has 0 radical (unpaired) electrons. The topological polar surface area (TPSA) is 37.4 Å². The van der Waals surface area contributed by atoms with Crippen LogP contribution in [0.25, 0.3) is 0 Å². The van der Waals surface area contributed by atoms with Crippen LogP contribution in [0.1, 0.15) is 47.0 Å². The van der Waals surface area contributed by atoms with Gasteiger partial charge in [0.15, 0.2) is 0 Å². The van der Waals surface area contributed by atoms with Crippen molar-refractivity contribution in [2.24, 2.45) is 0 Å². The van der Waals surface area contributed by atoms with E-state index in [9.17, 15) is 4.79 Å². The van der Waals surface area contributed by atoms with Crippen LogP contribution in [0.15, 0.2) is 13.2 Å². The van der Waals surface area contributed by atoms with Crippen LogP contribution >= 0.6 is 12.6 Å². The molecule has 18 heavy (non-hydrogen) atoms. The Kier molecular flexibility index (Phi) is 36.3. The maximum atomic E-state index is 10.9.